The van der Waals surface area contributed by atoms with E-state index in [1.807, 2.05) is 0 Å². The third-order valence-electron chi connectivity index (χ3n) is 4.36. The van der Waals surface area contributed by atoms with Crippen molar-refractivity contribution < 1.29 is 38.4 Å². The molecule has 0 radical (unpaired) electrons. The molecule has 6 amide bonds. The second kappa shape index (κ2) is 7.09. The van der Waals surface area contributed by atoms with Crippen LogP contribution in [0.25, 0.3) is 0 Å². The maximum Gasteiger partial charge on any atom is 0.335 e. The molecule has 0 N–H and O–H groups in total. The molecule has 3 aliphatic rings. The fraction of sp³-hybridized carbons (Fsp3) is 0.438. The molecule has 3 rings (SSSR count). The van der Waals surface area contributed by atoms with Crippen LogP contribution in [0, 0.1) is 0 Å². The average molecular weight is 377 g/mol. The molecule has 2 saturated heterocycles. The normalized spacial score (nSPS) is 21.1. The Kier molecular flexibility index (Phi) is 4.84. The molecule has 0 aromatic heterocycles. The van der Waals surface area contributed by atoms with Crippen molar-refractivity contribution in [1.82, 2.24) is 14.9 Å². The Morgan fingerprint density at radius 3 is 1.85 bits per heavy atom. The van der Waals surface area contributed by atoms with Gasteiger partial charge in [-0.3, -0.25) is 38.6 Å². The highest BCUT2D eigenvalue weighted by Gasteiger charge is 2.40. The number of amides is 6. The zero-order valence-corrected chi connectivity index (χ0v) is 14.1. The van der Waals surface area contributed by atoms with Crippen LogP contribution in [0.5, 0.6) is 0 Å². The summed E-state index contributed by atoms with van der Waals surface area (Å²) in [4.78, 5) is 89.2. The van der Waals surface area contributed by atoms with Gasteiger partial charge < -0.3 is 4.84 Å². The molecule has 0 aromatic rings. The molecule has 142 valence electrons. The molecule has 0 aliphatic carbocycles. The first-order valence-corrected chi connectivity index (χ1v) is 8.23. The van der Waals surface area contributed by atoms with Crippen LogP contribution in [0.1, 0.15) is 32.1 Å². The summed E-state index contributed by atoms with van der Waals surface area (Å²) in [5.74, 6) is -4.76. The van der Waals surface area contributed by atoms with Crippen LogP contribution in [0.4, 0.5) is 0 Å². The molecule has 1 unspecified atom stereocenters. The van der Waals surface area contributed by atoms with Crippen molar-refractivity contribution in [3.05, 3.63) is 12.2 Å². The number of nitrogens with zero attached hydrogens (tertiary/aromatic N) is 3. The van der Waals surface area contributed by atoms with E-state index in [0.717, 1.165) is 22.0 Å². The highest BCUT2D eigenvalue weighted by molar-refractivity contribution is 6.13. The number of imide groups is 3. The van der Waals surface area contributed by atoms with Crippen LogP contribution in [0.15, 0.2) is 12.2 Å². The Bertz CT molecular complexity index is 751. The predicted octanol–water partition coefficient (Wildman–Crippen LogP) is -1.57. The second-order valence-electron chi connectivity index (χ2n) is 6.18. The van der Waals surface area contributed by atoms with Crippen molar-refractivity contribution in [2.45, 2.75) is 38.1 Å². The highest BCUT2D eigenvalue weighted by Crippen LogP contribution is 2.20. The minimum Gasteiger partial charge on any atom is -0.330 e. The van der Waals surface area contributed by atoms with E-state index in [2.05, 4.69) is 0 Å². The largest absolute Gasteiger partial charge is 0.335 e. The Balaban J connectivity index is 1.74. The maximum atomic E-state index is 12.2. The van der Waals surface area contributed by atoms with Crippen LogP contribution in [0.3, 0.4) is 0 Å². The predicted molar refractivity (Wildman–Crippen MR) is 82.5 cm³/mol. The van der Waals surface area contributed by atoms with E-state index >= 15 is 0 Å². The molecular formula is C16H15N3O8. The van der Waals surface area contributed by atoms with E-state index in [1.54, 1.807) is 0 Å². The molecule has 0 spiro atoms. The van der Waals surface area contributed by atoms with Gasteiger partial charge in [-0.1, -0.05) is 0 Å². The van der Waals surface area contributed by atoms with Gasteiger partial charge in [-0.05, 0) is 0 Å². The van der Waals surface area contributed by atoms with Gasteiger partial charge >= 0.3 is 5.97 Å². The zero-order chi connectivity index (χ0) is 19.7. The third kappa shape index (κ3) is 3.61. The molecular weight excluding hydrogens is 362 g/mol. The van der Waals surface area contributed by atoms with E-state index in [1.165, 1.54) is 0 Å². The van der Waals surface area contributed by atoms with Crippen LogP contribution in [-0.2, 0) is 38.4 Å². The van der Waals surface area contributed by atoms with Crippen molar-refractivity contribution >= 4 is 41.4 Å². The van der Waals surface area contributed by atoms with Gasteiger partial charge in [-0.25, -0.2) is 4.79 Å². The van der Waals surface area contributed by atoms with Crippen molar-refractivity contribution in [2.75, 3.05) is 6.54 Å². The monoisotopic (exact) mass is 377 g/mol. The standard InChI is InChI=1S/C16H15N3O8/c20-10-1-2-11(21)17(10)8-9(18-12(22)3-4-13(18)23)7-16(26)27-19-14(24)5-6-15(19)25/h3-4,9H,1-2,5-8H2. The lowest BCUT2D eigenvalue weighted by atomic mass is 10.1. The number of likely N-dealkylation sites (tertiary alicyclic amines) is 1. The molecule has 3 aliphatic heterocycles. The highest BCUT2D eigenvalue weighted by atomic mass is 16.7. The molecule has 11 nitrogen and oxygen atoms in total. The first-order valence-electron chi connectivity index (χ1n) is 8.23. The van der Waals surface area contributed by atoms with E-state index in [-0.39, 0.29) is 32.2 Å². The van der Waals surface area contributed by atoms with Crippen LogP contribution < -0.4 is 0 Å². The Morgan fingerprint density at radius 1 is 0.852 bits per heavy atom. The minimum atomic E-state index is -1.17. The fourth-order valence-corrected chi connectivity index (χ4v) is 3.04. The molecule has 1 atom stereocenters. The van der Waals surface area contributed by atoms with Crippen molar-refractivity contribution in [2.24, 2.45) is 0 Å². The molecule has 2 fully saturated rings. The Morgan fingerprint density at radius 2 is 1.33 bits per heavy atom. The summed E-state index contributed by atoms with van der Waals surface area (Å²) < 4.78 is 0. The van der Waals surface area contributed by atoms with Crippen LogP contribution in [0.2, 0.25) is 0 Å². The summed E-state index contributed by atoms with van der Waals surface area (Å²) in [6.07, 6.45) is 1.26. The lowest BCUT2D eigenvalue weighted by Crippen LogP contribution is -2.49. The lowest BCUT2D eigenvalue weighted by Gasteiger charge is -2.28. The minimum absolute atomic E-state index is 0.00687. The maximum absolute atomic E-state index is 12.2. The first kappa shape index (κ1) is 18.4. The molecule has 0 saturated carbocycles. The number of carbonyl (C=O) groups is 7. The van der Waals surface area contributed by atoms with Gasteiger partial charge in [0.1, 0.15) is 0 Å². The summed E-state index contributed by atoms with van der Waals surface area (Å²) in [6.45, 7) is -0.367. The van der Waals surface area contributed by atoms with Crippen LogP contribution >= 0.6 is 0 Å². The summed E-state index contributed by atoms with van der Waals surface area (Å²) >= 11 is 0. The fourth-order valence-electron chi connectivity index (χ4n) is 3.04. The van der Waals surface area contributed by atoms with E-state index in [4.69, 9.17) is 4.84 Å². The van der Waals surface area contributed by atoms with Gasteiger partial charge in [0.25, 0.3) is 23.6 Å². The first-order chi connectivity index (χ1) is 12.8. The molecule has 27 heavy (non-hydrogen) atoms. The third-order valence-corrected chi connectivity index (χ3v) is 4.36. The van der Waals surface area contributed by atoms with E-state index < -0.39 is 53.9 Å². The Hall–Kier alpha value is -3.37. The number of carbonyl (C=O) groups excluding carboxylic acids is 7. The SMILES string of the molecule is O=C(CC(CN1C(=O)CCC1=O)N1C(=O)C=CC1=O)ON1C(=O)CCC1=O. The number of rotatable bonds is 6. The summed E-state index contributed by atoms with van der Waals surface area (Å²) in [5.41, 5.74) is 0. The molecule has 0 bridgehead atoms. The quantitative estimate of drug-likeness (QED) is 0.506. The number of hydroxylamine groups is 2. The lowest BCUT2D eigenvalue weighted by molar-refractivity contribution is -0.198. The van der Waals surface area contributed by atoms with Gasteiger partial charge in [0.15, 0.2) is 0 Å². The molecule has 0 aromatic carbocycles. The van der Waals surface area contributed by atoms with Gasteiger partial charge in [0.2, 0.25) is 11.8 Å². The second-order valence-corrected chi connectivity index (χ2v) is 6.18. The van der Waals surface area contributed by atoms with Crippen molar-refractivity contribution in [3.8, 4) is 0 Å². The van der Waals surface area contributed by atoms with Crippen molar-refractivity contribution in [1.29, 1.82) is 0 Å². The van der Waals surface area contributed by atoms with Gasteiger partial charge in [-0.15, -0.1) is 5.06 Å². The van der Waals surface area contributed by atoms with E-state index in [9.17, 15) is 33.6 Å². The number of hydrogen-bond donors (Lipinski definition) is 0. The molecule has 11 heteroatoms. The summed E-state index contributed by atoms with van der Waals surface area (Å²) in [7, 11) is 0. The average Bonchev–Trinajstić information content (AvgIpc) is 3.22. The van der Waals surface area contributed by atoms with Crippen molar-refractivity contribution in [3.63, 3.8) is 0 Å². The Labute approximate surface area is 152 Å². The molecule has 3 heterocycles. The summed E-state index contributed by atoms with van der Waals surface area (Å²) in [5, 5.41) is 0.345. The summed E-state index contributed by atoms with van der Waals surface area (Å²) in [6, 6.07) is -1.17. The smallest absolute Gasteiger partial charge is 0.330 e. The van der Waals surface area contributed by atoms with Crippen LogP contribution in [-0.4, -0.2) is 68.9 Å². The van der Waals surface area contributed by atoms with Gasteiger partial charge in [0.05, 0.1) is 19.0 Å². The topological polar surface area (TPSA) is 138 Å². The van der Waals surface area contributed by atoms with Gasteiger partial charge in [0, 0.05) is 37.8 Å². The number of hydrogen-bond acceptors (Lipinski definition) is 8. The zero-order valence-electron chi connectivity index (χ0n) is 14.1. The van der Waals surface area contributed by atoms with Gasteiger partial charge in [-0.2, -0.15) is 0 Å². The van der Waals surface area contributed by atoms with E-state index in [0.29, 0.717) is 5.06 Å².